The Bertz CT molecular complexity index is 384. The first-order valence-corrected chi connectivity index (χ1v) is 5.89. The highest BCUT2D eigenvalue weighted by Crippen LogP contribution is 2.25. The van der Waals surface area contributed by atoms with Gasteiger partial charge >= 0.3 is 0 Å². The lowest BCUT2D eigenvalue weighted by atomic mass is 10.1. The van der Waals surface area contributed by atoms with Gasteiger partial charge in [0.2, 0.25) is 0 Å². The molecule has 0 heterocycles. The van der Waals surface area contributed by atoms with Gasteiger partial charge in [0.25, 0.3) is 5.91 Å². The van der Waals surface area contributed by atoms with E-state index in [9.17, 15) is 15.0 Å². The molecule has 0 saturated carbocycles. The number of phenolic OH excluding ortho intramolecular Hbond substituents is 2. The minimum absolute atomic E-state index is 0.110. The van der Waals surface area contributed by atoms with Gasteiger partial charge in [0.05, 0.1) is 6.61 Å². The van der Waals surface area contributed by atoms with Gasteiger partial charge in [-0.05, 0) is 18.1 Å². The summed E-state index contributed by atoms with van der Waals surface area (Å²) in [5, 5.41) is 21.5. The lowest BCUT2D eigenvalue weighted by Gasteiger charge is -2.09. The standard InChI is InChI=1S/C13H19NO4/c1-9(2)8-18-7-6-14-13(17)12-10(15)4-3-5-11(12)16/h3-5,9,15-16H,6-8H2,1-2H3,(H,14,17). The molecule has 0 aliphatic rings. The molecule has 0 saturated heterocycles. The van der Waals surface area contributed by atoms with E-state index in [2.05, 4.69) is 5.32 Å². The number of hydrogen-bond donors (Lipinski definition) is 3. The molecule has 1 aromatic carbocycles. The molecule has 0 aliphatic carbocycles. The van der Waals surface area contributed by atoms with Gasteiger partial charge < -0.3 is 20.3 Å². The van der Waals surface area contributed by atoms with E-state index in [1.165, 1.54) is 18.2 Å². The Morgan fingerprint density at radius 1 is 1.33 bits per heavy atom. The predicted octanol–water partition coefficient (Wildman–Crippen LogP) is 1.50. The zero-order valence-electron chi connectivity index (χ0n) is 10.6. The molecule has 100 valence electrons. The van der Waals surface area contributed by atoms with Gasteiger partial charge in [0.15, 0.2) is 0 Å². The van der Waals surface area contributed by atoms with Crippen molar-refractivity contribution in [3.63, 3.8) is 0 Å². The molecule has 0 unspecified atom stereocenters. The van der Waals surface area contributed by atoms with Crippen LogP contribution >= 0.6 is 0 Å². The van der Waals surface area contributed by atoms with E-state index in [0.717, 1.165) is 0 Å². The summed E-state index contributed by atoms with van der Waals surface area (Å²) in [5.74, 6) is -0.548. The van der Waals surface area contributed by atoms with Crippen LogP contribution in [-0.2, 0) is 4.74 Å². The molecule has 0 fully saturated rings. The Morgan fingerprint density at radius 3 is 2.50 bits per heavy atom. The maximum Gasteiger partial charge on any atom is 0.258 e. The summed E-state index contributed by atoms with van der Waals surface area (Å²) >= 11 is 0. The van der Waals surface area contributed by atoms with E-state index < -0.39 is 5.91 Å². The van der Waals surface area contributed by atoms with Crippen molar-refractivity contribution in [3.8, 4) is 11.5 Å². The van der Waals surface area contributed by atoms with Crippen LogP contribution in [-0.4, -0.2) is 35.9 Å². The summed E-state index contributed by atoms with van der Waals surface area (Å²) in [5.41, 5.74) is -0.110. The molecular weight excluding hydrogens is 234 g/mol. The normalized spacial score (nSPS) is 10.6. The van der Waals surface area contributed by atoms with E-state index in [-0.39, 0.29) is 17.1 Å². The second-order valence-corrected chi connectivity index (χ2v) is 4.40. The van der Waals surface area contributed by atoms with Crippen LogP contribution in [0.3, 0.4) is 0 Å². The molecule has 5 nitrogen and oxygen atoms in total. The fourth-order valence-corrected chi connectivity index (χ4v) is 1.41. The van der Waals surface area contributed by atoms with Crippen LogP contribution < -0.4 is 5.32 Å². The van der Waals surface area contributed by atoms with Crippen molar-refractivity contribution in [2.45, 2.75) is 13.8 Å². The lowest BCUT2D eigenvalue weighted by Crippen LogP contribution is -2.27. The molecule has 1 rings (SSSR count). The van der Waals surface area contributed by atoms with Crippen molar-refractivity contribution < 1.29 is 19.7 Å². The number of phenols is 2. The van der Waals surface area contributed by atoms with Gasteiger partial charge in [-0.25, -0.2) is 0 Å². The minimum Gasteiger partial charge on any atom is -0.507 e. The van der Waals surface area contributed by atoms with Crippen LogP contribution in [0, 0.1) is 5.92 Å². The number of ether oxygens (including phenoxy) is 1. The van der Waals surface area contributed by atoms with Gasteiger partial charge in [-0.1, -0.05) is 19.9 Å². The molecule has 3 N–H and O–H groups in total. The number of aromatic hydroxyl groups is 2. The van der Waals surface area contributed by atoms with E-state index in [1.54, 1.807) is 0 Å². The van der Waals surface area contributed by atoms with Crippen molar-refractivity contribution in [2.24, 2.45) is 5.92 Å². The third-order valence-electron chi connectivity index (χ3n) is 2.23. The third-order valence-corrected chi connectivity index (χ3v) is 2.23. The Kier molecular flexibility index (Phi) is 5.45. The zero-order chi connectivity index (χ0) is 13.5. The average molecular weight is 253 g/mol. The zero-order valence-corrected chi connectivity index (χ0v) is 10.6. The fourth-order valence-electron chi connectivity index (χ4n) is 1.41. The molecule has 0 bridgehead atoms. The number of carbonyl (C=O) groups is 1. The van der Waals surface area contributed by atoms with Crippen LogP contribution in [0.1, 0.15) is 24.2 Å². The molecule has 0 atom stereocenters. The Balaban J connectivity index is 2.41. The first kappa shape index (κ1) is 14.3. The van der Waals surface area contributed by atoms with E-state index in [1.807, 2.05) is 13.8 Å². The molecule has 0 aliphatic heterocycles. The number of benzene rings is 1. The first-order chi connectivity index (χ1) is 8.52. The van der Waals surface area contributed by atoms with Gasteiger partial charge in [0, 0.05) is 13.2 Å². The minimum atomic E-state index is -0.515. The van der Waals surface area contributed by atoms with Gasteiger partial charge in [-0.3, -0.25) is 4.79 Å². The number of amides is 1. The number of rotatable bonds is 6. The second kappa shape index (κ2) is 6.86. The average Bonchev–Trinajstić information content (AvgIpc) is 2.27. The predicted molar refractivity (Wildman–Crippen MR) is 67.8 cm³/mol. The molecule has 0 radical (unpaired) electrons. The number of carbonyl (C=O) groups excluding carboxylic acids is 1. The number of nitrogens with one attached hydrogen (secondary N) is 1. The summed E-state index contributed by atoms with van der Waals surface area (Å²) in [6, 6.07) is 4.17. The quantitative estimate of drug-likeness (QED) is 0.671. The van der Waals surface area contributed by atoms with Gasteiger partial charge in [-0.15, -0.1) is 0 Å². The molecular formula is C13H19NO4. The monoisotopic (exact) mass is 253 g/mol. The summed E-state index contributed by atoms with van der Waals surface area (Å²) in [6.45, 7) is 5.45. The summed E-state index contributed by atoms with van der Waals surface area (Å²) in [6.07, 6.45) is 0. The smallest absolute Gasteiger partial charge is 0.258 e. The van der Waals surface area contributed by atoms with Crippen LogP contribution in [0.2, 0.25) is 0 Å². The molecule has 18 heavy (non-hydrogen) atoms. The highest BCUT2D eigenvalue weighted by atomic mass is 16.5. The van der Waals surface area contributed by atoms with Crippen LogP contribution in [0.4, 0.5) is 0 Å². The van der Waals surface area contributed by atoms with Gasteiger partial charge in [-0.2, -0.15) is 0 Å². The van der Waals surface area contributed by atoms with Crippen molar-refractivity contribution in [1.82, 2.24) is 5.32 Å². The molecule has 1 amide bonds. The second-order valence-electron chi connectivity index (χ2n) is 4.40. The third kappa shape index (κ3) is 4.25. The largest absolute Gasteiger partial charge is 0.507 e. The maximum atomic E-state index is 11.7. The Morgan fingerprint density at radius 2 is 1.94 bits per heavy atom. The van der Waals surface area contributed by atoms with Crippen molar-refractivity contribution in [3.05, 3.63) is 23.8 Å². The van der Waals surface area contributed by atoms with Crippen molar-refractivity contribution in [2.75, 3.05) is 19.8 Å². The van der Waals surface area contributed by atoms with Crippen LogP contribution in [0.25, 0.3) is 0 Å². The van der Waals surface area contributed by atoms with E-state index in [4.69, 9.17) is 4.74 Å². The molecule has 5 heteroatoms. The Labute approximate surface area is 106 Å². The molecule has 0 spiro atoms. The highest BCUT2D eigenvalue weighted by molar-refractivity contribution is 5.99. The molecule has 1 aromatic rings. The summed E-state index contributed by atoms with van der Waals surface area (Å²) < 4.78 is 5.30. The fraction of sp³-hybridized carbons (Fsp3) is 0.462. The maximum absolute atomic E-state index is 11.7. The van der Waals surface area contributed by atoms with Crippen molar-refractivity contribution >= 4 is 5.91 Å². The van der Waals surface area contributed by atoms with Crippen molar-refractivity contribution in [1.29, 1.82) is 0 Å². The highest BCUT2D eigenvalue weighted by Gasteiger charge is 2.15. The number of hydrogen-bond acceptors (Lipinski definition) is 4. The first-order valence-electron chi connectivity index (χ1n) is 5.89. The summed E-state index contributed by atoms with van der Waals surface area (Å²) in [7, 11) is 0. The molecule has 0 aromatic heterocycles. The Hall–Kier alpha value is -1.75. The van der Waals surface area contributed by atoms with E-state index >= 15 is 0 Å². The lowest BCUT2D eigenvalue weighted by molar-refractivity contribution is 0.0881. The van der Waals surface area contributed by atoms with Crippen LogP contribution in [0.5, 0.6) is 11.5 Å². The van der Waals surface area contributed by atoms with Crippen LogP contribution in [0.15, 0.2) is 18.2 Å². The summed E-state index contributed by atoms with van der Waals surface area (Å²) in [4.78, 5) is 11.7. The van der Waals surface area contributed by atoms with Gasteiger partial charge in [0.1, 0.15) is 17.1 Å². The van der Waals surface area contributed by atoms with E-state index in [0.29, 0.717) is 25.7 Å². The topological polar surface area (TPSA) is 78.8 Å². The SMILES string of the molecule is CC(C)COCCNC(=O)c1c(O)cccc1O.